The van der Waals surface area contributed by atoms with Crippen molar-refractivity contribution in [2.45, 2.75) is 64.1 Å². The minimum atomic E-state index is -0.176. The van der Waals surface area contributed by atoms with Crippen molar-refractivity contribution in [1.29, 1.82) is 0 Å². The highest BCUT2D eigenvalue weighted by atomic mass is 16.2. The maximum atomic E-state index is 12.5. The highest BCUT2D eigenvalue weighted by Crippen LogP contribution is 2.47. The summed E-state index contributed by atoms with van der Waals surface area (Å²) < 4.78 is 0. The number of nitrogens with one attached hydrogen (secondary N) is 1. The molecule has 3 fully saturated rings. The molecule has 3 nitrogen and oxygen atoms in total. The van der Waals surface area contributed by atoms with Gasteiger partial charge in [0, 0.05) is 6.54 Å². The summed E-state index contributed by atoms with van der Waals surface area (Å²) >= 11 is 0. The monoisotopic (exact) mass is 222 g/mol. The molecule has 0 aromatic rings. The van der Waals surface area contributed by atoms with Gasteiger partial charge in [0.1, 0.15) is 0 Å². The van der Waals surface area contributed by atoms with Crippen LogP contribution in [0.2, 0.25) is 0 Å². The van der Waals surface area contributed by atoms with Crippen molar-refractivity contribution >= 4 is 5.91 Å². The van der Waals surface area contributed by atoms with Gasteiger partial charge in [0.05, 0.1) is 11.7 Å². The van der Waals surface area contributed by atoms with Crippen LogP contribution in [-0.4, -0.2) is 29.1 Å². The first-order valence-corrected chi connectivity index (χ1v) is 6.64. The molecule has 1 atom stereocenters. The molecule has 90 valence electrons. The van der Waals surface area contributed by atoms with Gasteiger partial charge in [0.15, 0.2) is 0 Å². The zero-order valence-electron chi connectivity index (χ0n) is 10.4. The minimum Gasteiger partial charge on any atom is -0.325 e. The number of hydrogen-bond acceptors (Lipinski definition) is 2. The Hall–Kier alpha value is -0.570. The van der Waals surface area contributed by atoms with E-state index in [1.165, 1.54) is 25.7 Å². The van der Waals surface area contributed by atoms with E-state index in [0.717, 1.165) is 19.4 Å². The fourth-order valence-electron chi connectivity index (χ4n) is 3.32. The lowest BCUT2D eigenvalue weighted by Crippen LogP contribution is -2.44. The van der Waals surface area contributed by atoms with E-state index in [0.29, 0.717) is 11.3 Å². The van der Waals surface area contributed by atoms with Crippen LogP contribution in [0, 0.1) is 5.41 Å². The predicted molar refractivity (Wildman–Crippen MR) is 62.9 cm³/mol. The summed E-state index contributed by atoms with van der Waals surface area (Å²) in [7, 11) is 0. The van der Waals surface area contributed by atoms with Crippen molar-refractivity contribution in [2.24, 2.45) is 5.41 Å². The molecule has 16 heavy (non-hydrogen) atoms. The van der Waals surface area contributed by atoms with Crippen molar-refractivity contribution in [2.75, 3.05) is 6.54 Å². The molecule has 2 aliphatic carbocycles. The summed E-state index contributed by atoms with van der Waals surface area (Å²) in [6.45, 7) is 5.39. The summed E-state index contributed by atoms with van der Waals surface area (Å²) in [6, 6.07) is 0. The van der Waals surface area contributed by atoms with Crippen LogP contribution in [0.1, 0.15) is 52.4 Å². The quantitative estimate of drug-likeness (QED) is 0.773. The average Bonchev–Trinajstić information content (AvgIpc) is 2.72. The number of hydrogen-bond donors (Lipinski definition) is 1. The third kappa shape index (κ3) is 1.48. The molecule has 3 aliphatic rings. The van der Waals surface area contributed by atoms with Gasteiger partial charge in [-0.3, -0.25) is 10.1 Å². The summed E-state index contributed by atoms with van der Waals surface area (Å²) in [5, 5.41) is 3.56. The average molecular weight is 222 g/mol. The van der Waals surface area contributed by atoms with Crippen LogP contribution in [0.5, 0.6) is 0 Å². The van der Waals surface area contributed by atoms with Crippen LogP contribution in [0.25, 0.3) is 0 Å². The third-order valence-electron chi connectivity index (χ3n) is 4.74. The Bertz CT molecular complexity index is 316. The SMILES string of the molecule is CC1NC2(CCCC2)C(=O)N1CC1(C)CC1. The maximum absolute atomic E-state index is 12.5. The van der Waals surface area contributed by atoms with E-state index in [2.05, 4.69) is 24.1 Å². The second-order valence-electron chi connectivity index (χ2n) is 6.35. The largest absolute Gasteiger partial charge is 0.325 e. The van der Waals surface area contributed by atoms with Crippen molar-refractivity contribution in [3.8, 4) is 0 Å². The normalized spacial score (nSPS) is 35.0. The summed E-state index contributed by atoms with van der Waals surface area (Å²) in [6.07, 6.45) is 7.32. The van der Waals surface area contributed by atoms with Gasteiger partial charge in [-0.1, -0.05) is 19.8 Å². The molecule has 0 aromatic heterocycles. The van der Waals surface area contributed by atoms with Gasteiger partial charge in [-0.25, -0.2) is 0 Å². The first kappa shape index (κ1) is 10.6. The second kappa shape index (κ2) is 3.22. The van der Waals surface area contributed by atoms with Crippen LogP contribution in [0.15, 0.2) is 0 Å². The fraction of sp³-hybridized carbons (Fsp3) is 0.923. The van der Waals surface area contributed by atoms with E-state index >= 15 is 0 Å². The van der Waals surface area contributed by atoms with Crippen LogP contribution in [0.4, 0.5) is 0 Å². The Morgan fingerprint density at radius 1 is 1.31 bits per heavy atom. The predicted octanol–water partition coefficient (Wildman–Crippen LogP) is 1.88. The van der Waals surface area contributed by atoms with Gasteiger partial charge in [-0.15, -0.1) is 0 Å². The minimum absolute atomic E-state index is 0.176. The first-order valence-electron chi connectivity index (χ1n) is 6.64. The van der Waals surface area contributed by atoms with Gasteiger partial charge in [-0.2, -0.15) is 0 Å². The highest BCUT2D eigenvalue weighted by molar-refractivity contribution is 5.89. The number of rotatable bonds is 2. The van der Waals surface area contributed by atoms with Crippen molar-refractivity contribution < 1.29 is 4.79 Å². The standard InChI is InChI=1S/C13H22N2O/c1-10-14-13(5-3-4-6-13)11(16)15(10)9-12(2)7-8-12/h10,14H,3-9H2,1-2H3. The molecule has 1 N–H and O–H groups in total. The molecule has 1 unspecified atom stereocenters. The van der Waals surface area contributed by atoms with Crippen LogP contribution < -0.4 is 5.32 Å². The number of carbonyl (C=O) groups is 1. The molecule has 2 saturated carbocycles. The highest BCUT2D eigenvalue weighted by Gasteiger charge is 2.53. The lowest BCUT2D eigenvalue weighted by atomic mass is 9.97. The Labute approximate surface area is 97.6 Å². The van der Waals surface area contributed by atoms with E-state index in [1.807, 2.05) is 0 Å². The number of carbonyl (C=O) groups excluding carboxylic acids is 1. The molecule has 0 bridgehead atoms. The molecule has 3 rings (SSSR count). The molecular formula is C13H22N2O. The molecule has 1 heterocycles. The molecule has 0 aromatic carbocycles. The zero-order valence-corrected chi connectivity index (χ0v) is 10.4. The van der Waals surface area contributed by atoms with Crippen LogP contribution in [0.3, 0.4) is 0 Å². The Kier molecular flexibility index (Phi) is 2.13. The smallest absolute Gasteiger partial charge is 0.244 e. The Balaban J connectivity index is 1.77. The van der Waals surface area contributed by atoms with Crippen molar-refractivity contribution in [1.82, 2.24) is 10.2 Å². The van der Waals surface area contributed by atoms with Gasteiger partial charge in [0.25, 0.3) is 0 Å². The van der Waals surface area contributed by atoms with Crippen molar-refractivity contribution in [3.05, 3.63) is 0 Å². The lowest BCUT2D eigenvalue weighted by molar-refractivity contribution is -0.133. The number of nitrogens with zero attached hydrogens (tertiary/aromatic N) is 1. The fourth-order valence-corrected chi connectivity index (χ4v) is 3.32. The summed E-state index contributed by atoms with van der Waals surface area (Å²) in [5.74, 6) is 0.380. The van der Waals surface area contributed by atoms with E-state index < -0.39 is 0 Å². The van der Waals surface area contributed by atoms with Gasteiger partial charge in [0.2, 0.25) is 5.91 Å². The Morgan fingerprint density at radius 2 is 1.94 bits per heavy atom. The van der Waals surface area contributed by atoms with E-state index in [1.54, 1.807) is 0 Å². The lowest BCUT2D eigenvalue weighted by Gasteiger charge is -2.25. The topological polar surface area (TPSA) is 32.3 Å². The molecule has 1 saturated heterocycles. The van der Waals surface area contributed by atoms with E-state index in [9.17, 15) is 4.79 Å². The van der Waals surface area contributed by atoms with Crippen molar-refractivity contribution in [3.63, 3.8) is 0 Å². The van der Waals surface area contributed by atoms with E-state index in [-0.39, 0.29) is 11.7 Å². The molecule has 1 spiro atoms. The number of amides is 1. The van der Waals surface area contributed by atoms with Gasteiger partial charge in [-0.05, 0) is 38.0 Å². The van der Waals surface area contributed by atoms with E-state index in [4.69, 9.17) is 0 Å². The van der Waals surface area contributed by atoms with Crippen LogP contribution in [-0.2, 0) is 4.79 Å². The molecule has 1 aliphatic heterocycles. The molecule has 0 radical (unpaired) electrons. The molecular weight excluding hydrogens is 200 g/mol. The zero-order chi connectivity index (χ0) is 11.4. The second-order valence-corrected chi connectivity index (χ2v) is 6.35. The Morgan fingerprint density at radius 3 is 2.50 bits per heavy atom. The molecule has 1 amide bonds. The summed E-state index contributed by atoms with van der Waals surface area (Å²) in [5.41, 5.74) is 0.250. The third-order valence-corrected chi connectivity index (χ3v) is 4.74. The van der Waals surface area contributed by atoms with Gasteiger partial charge >= 0.3 is 0 Å². The summed E-state index contributed by atoms with van der Waals surface area (Å²) in [4.78, 5) is 14.6. The maximum Gasteiger partial charge on any atom is 0.244 e. The van der Waals surface area contributed by atoms with Gasteiger partial charge < -0.3 is 4.90 Å². The first-order chi connectivity index (χ1) is 7.55. The van der Waals surface area contributed by atoms with Crippen LogP contribution >= 0.6 is 0 Å². The molecule has 3 heteroatoms.